The van der Waals surface area contributed by atoms with Crippen LogP contribution in [0, 0.1) is 19.3 Å². The minimum Gasteiger partial charge on any atom is -0.543 e. The minimum absolute atomic E-state index is 0.112. The monoisotopic (exact) mass is 469 g/mol. The molecule has 0 N–H and O–H groups in total. The largest absolute Gasteiger partial charge is 0.543 e. The predicted octanol–water partition coefficient (Wildman–Crippen LogP) is 3.92. The molecule has 0 fully saturated rings. The van der Waals surface area contributed by atoms with Crippen LogP contribution in [-0.2, 0) is 16.5 Å². The highest BCUT2D eigenvalue weighted by atomic mass is 16.5. The Morgan fingerprint density at radius 3 is 2.09 bits per heavy atom. The van der Waals surface area contributed by atoms with E-state index in [1.807, 2.05) is 58.0 Å². The molecule has 0 aliphatic heterocycles. The van der Waals surface area contributed by atoms with Crippen LogP contribution in [0.1, 0.15) is 50.6 Å². The van der Waals surface area contributed by atoms with Crippen molar-refractivity contribution in [3.8, 4) is 5.75 Å². The van der Waals surface area contributed by atoms with E-state index in [2.05, 4.69) is 4.65 Å². The third-order valence-electron chi connectivity index (χ3n) is 6.06. The van der Waals surface area contributed by atoms with Crippen LogP contribution < -0.4 is 15.2 Å². The summed E-state index contributed by atoms with van der Waals surface area (Å²) in [5.41, 5.74) is 0.760. The summed E-state index contributed by atoms with van der Waals surface area (Å²) in [7, 11) is 11.4. The number of ether oxygens (including phenoxy) is 1. The number of carbonyl (C=O) groups is 2. The number of hydrogen-bond acceptors (Lipinski definition) is 5. The van der Waals surface area contributed by atoms with Crippen molar-refractivity contribution in [3.05, 3.63) is 57.5 Å². The van der Waals surface area contributed by atoms with Crippen molar-refractivity contribution in [1.82, 2.24) is 9.47 Å². The maximum Gasteiger partial charge on any atom is 0.378 e. The van der Waals surface area contributed by atoms with Crippen molar-refractivity contribution >= 4 is 25.7 Å². The number of nitrogens with zero attached hydrogens (tertiary/aromatic N) is 3. The summed E-state index contributed by atoms with van der Waals surface area (Å²) < 4.78 is 11.5. The number of urea groups is 1. The molecule has 0 aliphatic rings. The fourth-order valence-electron chi connectivity index (χ4n) is 4.01. The van der Waals surface area contributed by atoms with Crippen molar-refractivity contribution in [2.45, 2.75) is 47.6 Å². The van der Waals surface area contributed by atoms with E-state index >= 15 is 0 Å². The van der Waals surface area contributed by atoms with Gasteiger partial charge < -0.3 is 18.9 Å². The van der Waals surface area contributed by atoms with Crippen LogP contribution in [-0.4, -0.2) is 50.7 Å². The summed E-state index contributed by atoms with van der Waals surface area (Å²) in [5.74, 6) is -0.347. The molecule has 2 amide bonds. The normalized spacial score (nSPS) is 11.6. The molecule has 184 valence electrons. The van der Waals surface area contributed by atoms with Gasteiger partial charge in [0.1, 0.15) is 0 Å². The average Bonchev–Trinajstić information content (AvgIpc) is 2.84. The van der Waals surface area contributed by atoms with Gasteiger partial charge in [0.05, 0.1) is 18.6 Å². The van der Waals surface area contributed by atoms with E-state index in [1.54, 1.807) is 27.9 Å². The molecule has 2 rings (SSSR count). The fraction of sp³-hybridized carbons (Fsp3) is 0.480. The van der Waals surface area contributed by atoms with E-state index in [-0.39, 0.29) is 11.2 Å². The van der Waals surface area contributed by atoms with Crippen LogP contribution in [0.25, 0.3) is 0 Å². The second-order valence-corrected chi connectivity index (χ2v) is 8.35. The highest BCUT2D eigenvalue weighted by Gasteiger charge is 2.43. The molecule has 8 nitrogen and oxygen atoms in total. The molecule has 0 saturated carbocycles. The topological polar surface area (TPSA) is 81.1 Å². The van der Waals surface area contributed by atoms with Crippen LogP contribution in [0.4, 0.5) is 10.5 Å². The average molecular weight is 469 g/mol. The third-order valence-corrected chi connectivity index (χ3v) is 6.06. The van der Waals surface area contributed by atoms with Crippen LogP contribution in [0.15, 0.2) is 35.1 Å². The van der Waals surface area contributed by atoms with Gasteiger partial charge >= 0.3 is 14.1 Å². The van der Waals surface area contributed by atoms with Crippen molar-refractivity contribution in [3.63, 3.8) is 0 Å². The number of amides is 2. The zero-order chi connectivity index (χ0) is 26.4. The zero-order valence-electron chi connectivity index (χ0n) is 21.9. The number of hydrogen-bond donors (Lipinski definition) is 0. The highest BCUT2D eigenvalue weighted by molar-refractivity contribution is 6.06. The van der Waals surface area contributed by atoms with Crippen LogP contribution in [0.3, 0.4) is 0 Å². The first kappa shape index (κ1) is 28.8. The highest BCUT2D eigenvalue weighted by Crippen LogP contribution is 2.40. The van der Waals surface area contributed by atoms with Crippen LogP contribution in [0.2, 0.25) is 0 Å². The molecule has 2 radical (unpaired) electrons. The van der Waals surface area contributed by atoms with E-state index < -0.39 is 23.5 Å². The van der Waals surface area contributed by atoms with Gasteiger partial charge in [-0.2, -0.15) is 0 Å². The van der Waals surface area contributed by atoms with Gasteiger partial charge in [0.25, 0.3) is 11.5 Å². The Morgan fingerprint density at radius 1 is 1.09 bits per heavy atom. The lowest BCUT2D eigenvalue weighted by Gasteiger charge is -2.40. The first-order chi connectivity index (χ1) is 15.9. The number of carbonyl (C=O) groups excluding carboxylic acids is 2. The Balaban J connectivity index is 0.00000281. The number of methoxy groups -OCH3 is 1. The summed E-state index contributed by atoms with van der Waals surface area (Å²) in [6.45, 7) is 10.9. The second kappa shape index (κ2) is 11.8. The zero-order valence-corrected chi connectivity index (χ0v) is 21.9. The van der Waals surface area contributed by atoms with Gasteiger partial charge in [-0.25, -0.2) is 4.79 Å². The number of rotatable bonds is 6. The lowest BCUT2D eigenvalue weighted by molar-refractivity contribution is -0.146. The van der Waals surface area contributed by atoms with E-state index in [0.29, 0.717) is 11.3 Å². The summed E-state index contributed by atoms with van der Waals surface area (Å²) in [6.07, 6.45) is 0. The summed E-state index contributed by atoms with van der Waals surface area (Å²) >= 11 is 0. The van der Waals surface area contributed by atoms with Gasteiger partial charge in [0, 0.05) is 32.4 Å². The first-order valence-corrected chi connectivity index (χ1v) is 11.1. The van der Waals surface area contributed by atoms with Gasteiger partial charge in [-0.3, -0.25) is 14.5 Å². The standard InChI is InChI=1S/C23H30BN3O5.C2H6/c1-14-15(2)25(5)20(28)17(18(14)31-8)26(6)22(30)27(7)19(16-12-10-9-11-13-16)23(3,4)21(29)32-24;1-2/h9-13,19H,1-8H3;1-2H3. The molecule has 0 spiro atoms. The van der Waals surface area contributed by atoms with Gasteiger partial charge in [0.2, 0.25) is 0 Å². The smallest absolute Gasteiger partial charge is 0.378 e. The van der Waals surface area contributed by atoms with E-state index in [9.17, 15) is 14.4 Å². The van der Waals surface area contributed by atoms with Crippen molar-refractivity contribution in [2.75, 3.05) is 26.1 Å². The van der Waals surface area contributed by atoms with Gasteiger partial charge in [-0.05, 0) is 33.3 Å². The molecule has 34 heavy (non-hydrogen) atoms. The molecule has 0 aliphatic carbocycles. The maximum atomic E-state index is 13.6. The second-order valence-electron chi connectivity index (χ2n) is 8.35. The summed E-state index contributed by atoms with van der Waals surface area (Å²) in [4.78, 5) is 41.8. The Hall–Kier alpha value is -3.23. The molecule has 0 saturated heterocycles. The van der Waals surface area contributed by atoms with Gasteiger partial charge in [-0.15, -0.1) is 0 Å². The molecule has 2 aromatic rings. The molecule has 1 aromatic heterocycles. The molecule has 1 aromatic carbocycles. The molecular weight excluding hydrogens is 433 g/mol. The van der Waals surface area contributed by atoms with E-state index in [1.165, 1.54) is 28.5 Å². The molecule has 1 heterocycles. The van der Waals surface area contributed by atoms with Crippen molar-refractivity contribution in [1.29, 1.82) is 0 Å². The number of pyridine rings is 1. The SMILES string of the molecule is CC.[B]OC(=O)C(C)(C)C(c1ccccc1)N(C)C(=O)N(C)c1c(OC)c(C)c(C)n(C)c1=O. The molecule has 1 atom stereocenters. The quantitative estimate of drug-likeness (QED) is 0.600. The Kier molecular flexibility index (Phi) is 9.97. The number of anilines is 1. The van der Waals surface area contributed by atoms with Gasteiger partial charge in [-0.1, -0.05) is 44.2 Å². The molecule has 0 bridgehead atoms. The Bertz CT molecular complexity index is 1070. The molecule has 1 unspecified atom stereocenters. The van der Waals surface area contributed by atoms with E-state index in [4.69, 9.17) is 12.8 Å². The summed E-state index contributed by atoms with van der Waals surface area (Å²) in [5, 5.41) is 0. The van der Waals surface area contributed by atoms with Crippen molar-refractivity contribution < 1.29 is 19.0 Å². The number of benzene rings is 1. The predicted molar refractivity (Wildman–Crippen MR) is 135 cm³/mol. The molecule has 9 heteroatoms. The first-order valence-electron chi connectivity index (χ1n) is 11.1. The lowest BCUT2D eigenvalue weighted by Crippen LogP contribution is -2.49. The van der Waals surface area contributed by atoms with Gasteiger partial charge in [0.15, 0.2) is 11.4 Å². The van der Waals surface area contributed by atoms with E-state index in [0.717, 1.165) is 11.3 Å². The van der Waals surface area contributed by atoms with Crippen LogP contribution >= 0.6 is 0 Å². The maximum absolute atomic E-state index is 13.6. The summed E-state index contributed by atoms with van der Waals surface area (Å²) in [6, 6.07) is 7.87. The van der Waals surface area contributed by atoms with Crippen LogP contribution in [0.5, 0.6) is 5.75 Å². The Morgan fingerprint density at radius 2 is 1.62 bits per heavy atom. The molecular formula is C25H36BN3O5. The third kappa shape index (κ3) is 5.29. The van der Waals surface area contributed by atoms with Crippen molar-refractivity contribution in [2.24, 2.45) is 12.5 Å². The Labute approximate surface area is 203 Å². The lowest BCUT2D eigenvalue weighted by atomic mass is 9.79. The minimum atomic E-state index is -1.18. The fourth-order valence-corrected chi connectivity index (χ4v) is 4.01. The number of aromatic nitrogens is 1.